The van der Waals surface area contributed by atoms with Crippen molar-refractivity contribution in [2.75, 3.05) is 42.3 Å². The Morgan fingerprint density at radius 1 is 1.13 bits per heavy atom. The molecule has 5 nitrogen and oxygen atoms in total. The summed E-state index contributed by atoms with van der Waals surface area (Å²) in [7, 11) is 0. The zero-order valence-corrected chi connectivity index (χ0v) is 13.2. The number of benzene rings is 2. The average Bonchev–Trinajstić information content (AvgIpc) is 2.58. The van der Waals surface area contributed by atoms with Crippen molar-refractivity contribution < 1.29 is 9.53 Å². The van der Waals surface area contributed by atoms with E-state index in [0.29, 0.717) is 24.5 Å². The van der Waals surface area contributed by atoms with Crippen LogP contribution >= 0.6 is 0 Å². The zero-order chi connectivity index (χ0) is 16.2. The maximum atomic E-state index is 12.6. The van der Waals surface area contributed by atoms with E-state index in [0.717, 1.165) is 30.0 Å². The van der Waals surface area contributed by atoms with Gasteiger partial charge in [0.15, 0.2) is 0 Å². The number of ether oxygens (including phenoxy) is 1. The molecule has 3 N–H and O–H groups in total. The number of nitrogen functional groups attached to an aromatic ring is 1. The number of nitrogens with one attached hydrogen (secondary N) is 1. The van der Waals surface area contributed by atoms with Gasteiger partial charge in [0.05, 0.1) is 24.6 Å². The topological polar surface area (TPSA) is 67.6 Å². The number of anilines is 3. The van der Waals surface area contributed by atoms with Crippen molar-refractivity contribution in [2.45, 2.75) is 6.92 Å². The molecule has 1 saturated heterocycles. The Kier molecular flexibility index (Phi) is 4.48. The summed E-state index contributed by atoms with van der Waals surface area (Å²) in [4.78, 5) is 14.8. The van der Waals surface area contributed by atoms with Crippen molar-refractivity contribution in [2.24, 2.45) is 0 Å². The normalized spacial score (nSPS) is 14.6. The maximum Gasteiger partial charge on any atom is 0.256 e. The van der Waals surface area contributed by atoms with Crippen LogP contribution in [0, 0.1) is 6.92 Å². The quantitative estimate of drug-likeness (QED) is 0.855. The van der Waals surface area contributed by atoms with E-state index in [1.165, 1.54) is 0 Å². The standard InChI is InChI=1S/C18H21N3O2/c1-13-14(5-4-6-15(13)19)18(22)20-16-7-2-3-8-17(16)21-9-11-23-12-10-21/h2-8H,9-12,19H2,1H3,(H,20,22). The molecule has 2 aromatic carbocycles. The molecular weight excluding hydrogens is 290 g/mol. The first kappa shape index (κ1) is 15.4. The van der Waals surface area contributed by atoms with E-state index in [1.54, 1.807) is 18.2 Å². The Bertz CT molecular complexity index is 709. The van der Waals surface area contributed by atoms with E-state index in [9.17, 15) is 4.79 Å². The summed E-state index contributed by atoms with van der Waals surface area (Å²) in [6, 6.07) is 13.2. The molecule has 0 aliphatic carbocycles. The molecule has 1 aliphatic rings. The Balaban J connectivity index is 1.85. The van der Waals surface area contributed by atoms with Crippen LogP contribution in [0.25, 0.3) is 0 Å². The van der Waals surface area contributed by atoms with E-state index < -0.39 is 0 Å². The summed E-state index contributed by atoms with van der Waals surface area (Å²) < 4.78 is 5.40. The van der Waals surface area contributed by atoms with Gasteiger partial charge in [-0.25, -0.2) is 0 Å². The van der Waals surface area contributed by atoms with Crippen LogP contribution in [0.15, 0.2) is 42.5 Å². The van der Waals surface area contributed by atoms with Gasteiger partial charge in [-0.3, -0.25) is 4.79 Å². The molecule has 0 saturated carbocycles. The van der Waals surface area contributed by atoms with Crippen LogP contribution in [0.4, 0.5) is 17.1 Å². The summed E-state index contributed by atoms with van der Waals surface area (Å²) in [5.74, 6) is -0.143. The summed E-state index contributed by atoms with van der Waals surface area (Å²) in [6.45, 7) is 4.92. The minimum atomic E-state index is -0.143. The van der Waals surface area contributed by atoms with Crippen LogP contribution < -0.4 is 16.0 Å². The molecule has 0 unspecified atom stereocenters. The van der Waals surface area contributed by atoms with Gasteiger partial charge in [-0.2, -0.15) is 0 Å². The second kappa shape index (κ2) is 6.71. The summed E-state index contributed by atoms with van der Waals surface area (Å²) in [5, 5.41) is 3.02. The molecule has 1 aliphatic heterocycles. The Labute approximate surface area is 136 Å². The Morgan fingerprint density at radius 3 is 2.65 bits per heavy atom. The number of nitrogens with two attached hydrogens (primary N) is 1. The Morgan fingerprint density at radius 2 is 1.87 bits per heavy atom. The SMILES string of the molecule is Cc1c(N)cccc1C(=O)Nc1ccccc1N1CCOCC1. The van der Waals surface area contributed by atoms with E-state index in [-0.39, 0.29) is 5.91 Å². The van der Waals surface area contributed by atoms with Crippen LogP contribution in [-0.2, 0) is 4.74 Å². The number of para-hydroxylation sites is 2. The first-order valence-corrected chi connectivity index (χ1v) is 7.75. The second-order valence-corrected chi connectivity index (χ2v) is 5.59. The van der Waals surface area contributed by atoms with Crippen molar-refractivity contribution >= 4 is 23.0 Å². The second-order valence-electron chi connectivity index (χ2n) is 5.59. The van der Waals surface area contributed by atoms with Gasteiger partial charge in [0.2, 0.25) is 0 Å². The fourth-order valence-corrected chi connectivity index (χ4v) is 2.75. The van der Waals surface area contributed by atoms with Crippen molar-refractivity contribution in [1.82, 2.24) is 0 Å². The third-order valence-electron chi connectivity index (χ3n) is 4.12. The van der Waals surface area contributed by atoms with Crippen molar-refractivity contribution in [3.63, 3.8) is 0 Å². The lowest BCUT2D eigenvalue weighted by Crippen LogP contribution is -2.36. The first-order chi connectivity index (χ1) is 11.2. The van der Waals surface area contributed by atoms with Crippen molar-refractivity contribution in [3.05, 3.63) is 53.6 Å². The Hall–Kier alpha value is -2.53. The summed E-state index contributed by atoms with van der Waals surface area (Å²) in [6.07, 6.45) is 0. The molecule has 2 aromatic rings. The van der Waals surface area contributed by atoms with Crippen molar-refractivity contribution in [3.8, 4) is 0 Å². The monoisotopic (exact) mass is 311 g/mol. The summed E-state index contributed by atoms with van der Waals surface area (Å²) >= 11 is 0. The highest BCUT2D eigenvalue weighted by molar-refractivity contribution is 6.07. The van der Waals surface area contributed by atoms with Gasteiger partial charge in [-0.05, 0) is 36.8 Å². The van der Waals surface area contributed by atoms with Gasteiger partial charge in [-0.1, -0.05) is 18.2 Å². The molecule has 0 bridgehead atoms. The average molecular weight is 311 g/mol. The molecule has 1 heterocycles. The van der Waals surface area contributed by atoms with Crippen LogP contribution in [0.5, 0.6) is 0 Å². The van der Waals surface area contributed by atoms with E-state index in [4.69, 9.17) is 10.5 Å². The molecule has 0 aromatic heterocycles. The number of carbonyl (C=O) groups is 1. The van der Waals surface area contributed by atoms with E-state index in [1.807, 2.05) is 31.2 Å². The number of nitrogens with zero attached hydrogens (tertiary/aromatic N) is 1. The van der Waals surface area contributed by atoms with Gasteiger partial charge in [0.25, 0.3) is 5.91 Å². The zero-order valence-electron chi connectivity index (χ0n) is 13.2. The largest absolute Gasteiger partial charge is 0.398 e. The number of amides is 1. The fourth-order valence-electron chi connectivity index (χ4n) is 2.75. The van der Waals surface area contributed by atoms with Gasteiger partial charge in [-0.15, -0.1) is 0 Å². The number of hydrogen-bond donors (Lipinski definition) is 2. The predicted molar refractivity (Wildman–Crippen MR) is 93.0 cm³/mol. The third-order valence-corrected chi connectivity index (χ3v) is 4.12. The minimum Gasteiger partial charge on any atom is -0.398 e. The highest BCUT2D eigenvalue weighted by Gasteiger charge is 2.17. The van der Waals surface area contributed by atoms with Crippen LogP contribution in [-0.4, -0.2) is 32.2 Å². The van der Waals surface area contributed by atoms with Gasteiger partial charge >= 0.3 is 0 Å². The third kappa shape index (κ3) is 3.29. The molecule has 1 fully saturated rings. The molecule has 0 radical (unpaired) electrons. The van der Waals surface area contributed by atoms with Gasteiger partial charge in [0.1, 0.15) is 0 Å². The highest BCUT2D eigenvalue weighted by atomic mass is 16.5. The first-order valence-electron chi connectivity index (χ1n) is 7.75. The summed E-state index contributed by atoms with van der Waals surface area (Å²) in [5.41, 5.74) is 9.75. The molecular formula is C18H21N3O2. The van der Waals surface area contributed by atoms with Crippen LogP contribution in [0.1, 0.15) is 15.9 Å². The number of rotatable bonds is 3. The molecule has 1 amide bonds. The molecule has 120 valence electrons. The number of carbonyl (C=O) groups excluding carboxylic acids is 1. The van der Waals surface area contributed by atoms with Gasteiger partial charge in [0, 0.05) is 24.3 Å². The molecule has 3 rings (SSSR count). The lowest BCUT2D eigenvalue weighted by Gasteiger charge is -2.30. The van der Waals surface area contributed by atoms with Crippen molar-refractivity contribution in [1.29, 1.82) is 0 Å². The number of hydrogen-bond acceptors (Lipinski definition) is 4. The van der Waals surface area contributed by atoms with Gasteiger partial charge < -0.3 is 20.7 Å². The minimum absolute atomic E-state index is 0.143. The fraction of sp³-hybridized carbons (Fsp3) is 0.278. The lowest BCUT2D eigenvalue weighted by molar-refractivity contribution is 0.102. The molecule has 23 heavy (non-hydrogen) atoms. The molecule has 0 atom stereocenters. The number of morpholine rings is 1. The lowest BCUT2D eigenvalue weighted by atomic mass is 10.1. The smallest absolute Gasteiger partial charge is 0.256 e. The van der Waals surface area contributed by atoms with Crippen LogP contribution in [0.2, 0.25) is 0 Å². The maximum absolute atomic E-state index is 12.6. The van der Waals surface area contributed by atoms with E-state index in [2.05, 4.69) is 10.2 Å². The van der Waals surface area contributed by atoms with E-state index >= 15 is 0 Å². The molecule has 0 spiro atoms. The van der Waals surface area contributed by atoms with Crippen LogP contribution in [0.3, 0.4) is 0 Å². The molecule has 5 heteroatoms. The highest BCUT2D eigenvalue weighted by Crippen LogP contribution is 2.27. The predicted octanol–water partition coefficient (Wildman–Crippen LogP) is 2.67.